The van der Waals surface area contributed by atoms with E-state index < -0.39 is 0 Å². The van der Waals surface area contributed by atoms with Gasteiger partial charge in [-0.05, 0) is 36.8 Å². The predicted octanol–water partition coefficient (Wildman–Crippen LogP) is 3.76. The van der Waals surface area contributed by atoms with Crippen molar-refractivity contribution in [1.29, 1.82) is 0 Å². The molecule has 0 atom stereocenters. The molecule has 0 spiro atoms. The van der Waals surface area contributed by atoms with E-state index in [0.29, 0.717) is 0 Å². The Hall–Kier alpha value is -2.86. The Morgan fingerprint density at radius 3 is 2.78 bits per heavy atom. The molecule has 4 rings (SSSR count). The minimum absolute atomic E-state index is 0.798. The van der Waals surface area contributed by atoms with E-state index in [4.69, 9.17) is 0 Å². The number of pyridine rings is 2. The molecule has 0 aromatic carbocycles. The van der Waals surface area contributed by atoms with Crippen molar-refractivity contribution in [2.45, 2.75) is 6.92 Å². The summed E-state index contributed by atoms with van der Waals surface area (Å²) in [6.45, 7) is 2.01. The van der Waals surface area contributed by atoms with E-state index in [9.17, 15) is 0 Å². The zero-order valence-corrected chi connectivity index (χ0v) is 13.2. The van der Waals surface area contributed by atoms with Crippen molar-refractivity contribution >= 4 is 11.3 Å². The van der Waals surface area contributed by atoms with Gasteiger partial charge in [-0.25, -0.2) is 14.6 Å². The molecule has 0 aliphatic carbocycles. The van der Waals surface area contributed by atoms with Gasteiger partial charge in [0.2, 0.25) is 0 Å². The van der Waals surface area contributed by atoms with E-state index in [-0.39, 0.29) is 0 Å². The van der Waals surface area contributed by atoms with Crippen LogP contribution in [0.3, 0.4) is 0 Å². The first-order valence-corrected chi connectivity index (χ1v) is 7.96. The summed E-state index contributed by atoms with van der Waals surface area (Å²) in [4.78, 5) is 14.3. The number of rotatable bonds is 3. The highest BCUT2D eigenvalue weighted by Gasteiger charge is 2.09. The van der Waals surface area contributed by atoms with Gasteiger partial charge in [-0.2, -0.15) is 5.10 Å². The van der Waals surface area contributed by atoms with Crippen molar-refractivity contribution in [3.8, 4) is 27.0 Å². The van der Waals surface area contributed by atoms with Crippen LogP contribution in [-0.2, 0) is 0 Å². The fraction of sp³-hybridized carbons (Fsp3) is 0.0588. The molecule has 0 amide bonds. The second-order valence-electron chi connectivity index (χ2n) is 5.11. The number of nitrogens with zero attached hydrogens (tertiary/aromatic N) is 5. The van der Waals surface area contributed by atoms with Gasteiger partial charge in [-0.3, -0.25) is 4.98 Å². The molecule has 5 nitrogen and oxygen atoms in total. The van der Waals surface area contributed by atoms with Gasteiger partial charge in [-0.1, -0.05) is 6.07 Å². The van der Waals surface area contributed by atoms with Crippen LogP contribution in [0.4, 0.5) is 0 Å². The zero-order valence-electron chi connectivity index (χ0n) is 12.4. The first kappa shape index (κ1) is 13.8. The molecule has 0 saturated heterocycles. The molecule has 0 saturated carbocycles. The average molecular weight is 319 g/mol. The molecule has 0 N–H and O–H groups in total. The Balaban J connectivity index is 1.70. The molecule has 4 heterocycles. The minimum Gasteiger partial charge on any atom is -0.264 e. The SMILES string of the molecule is Cc1cnn(-c2cccc(-c3cnc(-c4cccnc4)s3)n2)c1. The lowest BCUT2D eigenvalue weighted by Crippen LogP contribution is -1.98. The monoisotopic (exact) mass is 319 g/mol. The number of thiazole rings is 1. The van der Waals surface area contributed by atoms with Gasteiger partial charge in [0.25, 0.3) is 0 Å². The topological polar surface area (TPSA) is 56.5 Å². The van der Waals surface area contributed by atoms with E-state index in [1.165, 1.54) is 0 Å². The Labute approximate surface area is 137 Å². The maximum Gasteiger partial charge on any atom is 0.154 e. The van der Waals surface area contributed by atoms with Crippen LogP contribution in [0.15, 0.2) is 61.3 Å². The van der Waals surface area contributed by atoms with Gasteiger partial charge in [0.05, 0.1) is 16.8 Å². The van der Waals surface area contributed by atoms with Crippen molar-refractivity contribution in [3.63, 3.8) is 0 Å². The first-order chi connectivity index (χ1) is 11.3. The molecule has 0 aliphatic rings. The van der Waals surface area contributed by atoms with Crippen molar-refractivity contribution in [2.75, 3.05) is 0 Å². The van der Waals surface area contributed by atoms with Gasteiger partial charge >= 0.3 is 0 Å². The minimum atomic E-state index is 0.798. The lowest BCUT2D eigenvalue weighted by atomic mass is 10.3. The molecule has 0 aliphatic heterocycles. The average Bonchev–Trinajstić information content (AvgIpc) is 3.25. The lowest BCUT2D eigenvalue weighted by Gasteiger charge is -2.02. The lowest BCUT2D eigenvalue weighted by molar-refractivity contribution is 0.848. The Bertz CT molecular complexity index is 942. The van der Waals surface area contributed by atoms with Gasteiger partial charge in [-0.15, -0.1) is 11.3 Å². The van der Waals surface area contributed by atoms with Crippen LogP contribution in [-0.4, -0.2) is 24.7 Å². The third-order valence-corrected chi connectivity index (χ3v) is 4.42. The summed E-state index contributed by atoms with van der Waals surface area (Å²) in [6.07, 6.45) is 9.21. The largest absolute Gasteiger partial charge is 0.264 e. The molecule has 23 heavy (non-hydrogen) atoms. The van der Waals surface area contributed by atoms with Crippen LogP contribution in [0.5, 0.6) is 0 Å². The summed E-state index contributed by atoms with van der Waals surface area (Å²) in [7, 11) is 0. The standard InChI is InChI=1S/C17H13N5S/c1-12-8-20-22(11-12)16-6-2-5-14(21-16)15-10-19-17(23-15)13-4-3-7-18-9-13/h2-11H,1H3. The Kier molecular flexibility index (Phi) is 3.44. The molecule has 0 unspecified atom stereocenters. The predicted molar refractivity (Wildman–Crippen MR) is 90.4 cm³/mol. The Morgan fingerprint density at radius 2 is 2.00 bits per heavy atom. The quantitative estimate of drug-likeness (QED) is 0.577. The molecule has 0 bridgehead atoms. The van der Waals surface area contributed by atoms with Gasteiger partial charge < -0.3 is 0 Å². The first-order valence-electron chi connectivity index (χ1n) is 7.15. The van der Waals surface area contributed by atoms with Crippen LogP contribution < -0.4 is 0 Å². The highest BCUT2D eigenvalue weighted by atomic mass is 32.1. The van der Waals surface area contributed by atoms with Gasteiger partial charge in [0, 0.05) is 30.4 Å². The molecule has 112 valence electrons. The molecule has 4 aromatic heterocycles. The number of aryl methyl sites for hydroxylation is 1. The fourth-order valence-electron chi connectivity index (χ4n) is 2.24. The van der Waals surface area contributed by atoms with Gasteiger partial charge in [0.1, 0.15) is 5.01 Å². The zero-order chi connectivity index (χ0) is 15.6. The van der Waals surface area contributed by atoms with E-state index >= 15 is 0 Å². The van der Waals surface area contributed by atoms with Gasteiger partial charge in [0.15, 0.2) is 5.82 Å². The highest BCUT2D eigenvalue weighted by molar-refractivity contribution is 7.18. The van der Waals surface area contributed by atoms with E-state index in [1.54, 1.807) is 22.2 Å². The third kappa shape index (κ3) is 2.76. The van der Waals surface area contributed by atoms with Crippen molar-refractivity contribution in [3.05, 3.63) is 66.9 Å². The van der Waals surface area contributed by atoms with Crippen molar-refractivity contribution in [2.24, 2.45) is 0 Å². The molecular weight excluding hydrogens is 306 g/mol. The van der Waals surface area contributed by atoms with Crippen LogP contribution in [0.1, 0.15) is 5.56 Å². The molecule has 4 aromatic rings. The van der Waals surface area contributed by atoms with E-state index in [0.717, 1.165) is 32.5 Å². The number of aromatic nitrogens is 5. The summed E-state index contributed by atoms with van der Waals surface area (Å²) in [5.41, 5.74) is 3.01. The summed E-state index contributed by atoms with van der Waals surface area (Å²) in [6, 6.07) is 9.83. The van der Waals surface area contributed by atoms with Crippen LogP contribution in [0, 0.1) is 6.92 Å². The summed E-state index contributed by atoms with van der Waals surface area (Å²) in [5.74, 6) is 0.798. The summed E-state index contributed by atoms with van der Waals surface area (Å²) >= 11 is 1.60. The van der Waals surface area contributed by atoms with Crippen LogP contribution in [0.2, 0.25) is 0 Å². The third-order valence-electron chi connectivity index (χ3n) is 3.35. The van der Waals surface area contributed by atoms with Crippen molar-refractivity contribution < 1.29 is 0 Å². The van der Waals surface area contributed by atoms with Crippen molar-refractivity contribution in [1.82, 2.24) is 24.7 Å². The Morgan fingerprint density at radius 1 is 1.04 bits per heavy atom. The fourth-order valence-corrected chi connectivity index (χ4v) is 3.12. The molecule has 0 fully saturated rings. The van der Waals surface area contributed by atoms with E-state index in [2.05, 4.69) is 20.1 Å². The van der Waals surface area contributed by atoms with Crippen LogP contribution in [0.25, 0.3) is 27.0 Å². The summed E-state index contributed by atoms with van der Waals surface area (Å²) in [5, 5.41) is 5.25. The maximum absolute atomic E-state index is 4.69. The smallest absolute Gasteiger partial charge is 0.154 e. The number of hydrogen-bond donors (Lipinski definition) is 0. The normalized spacial score (nSPS) is 10.8. The second-order valence-corrected chi connectivity index (χ2v) is 6.15. The number of hydrogen-bond acceptors (Lipinski definition) is 5. The summed E-state index contributed by atoms with van der Waals surface area (Å²) < 4.78 is 1.78. The highest BCUT2D eigenvalue weighted by Crippen LogP contribution is 2.30. The molecular formula is C17H13N5S. The van der Waals surface area contributed by atoms with Crippen LogP contribution >= 0.6 is 11.3 Å². The molecule has 6 heteroatoms. The molecule has 0 radical (unpaired) electrons. The van der Waals surface area contributed by atoms with E-state index in [1.807, 2.05) is 62.0 Å². The second kappa shape index (κ2) is 5.73. The maximum atomic E-state index is 4.69.